The van der Waals surface area contributed by atoms with E-state index in [4.69, 9.17) is 4.74 Å². The van der Waals surface area contributed by atoms with E-state index >= 15 is 0 Å². The average molecular weight is 214 g/mol. The lowest BCUT2D eigenvalue weighted by atomic mass is 9.98. The summed E-state index contributed by atoms with van der Waals surface area (Å²) in [4.78, 5) is 21.8. The van der Waals surface area contributed by atoms with Crippen LogP contribution in [-0.4, -0.2) is 17.9 Å². The van der Waals surface area contributed by atoms with Crippen molar-refractivity contribution in [2.75, 3.05) is 0 Å². The molecule has 2 atom stereocenters. The highest BCUT2D eigenvalue weighted by molar-refractivity contribution is 5.77. The second kappa shape index (κ2) is 7.43. The Balaban J connectivity index is 3.68. The van der Waals surface area contributed by atoms with Gasteiger partial charge in [0.1, 0.15) is 11.9 Å². The van der Waals surface area contributed by atoms with Gasteiger partial charge in [0, 0.05) is 19.8 Å². The highest BCUT2D eigenvalue weighted by Crippen LogP contribution is 2.15. The van der Waals surface area contributed by atoms with E-state index in [2.05, 4.69) is 0 Å². The van der Waals surface area contributed by atoms with Crippen LogP contribution in [0.25, 0.3) is 0 Å². The van der Waals surface area contributed by atoms with Crippen LogP contribution in [0.1, 0.15) is 53.4 Å². The monoisotopic (exact) mass is 214 g/mol. The lowest BCUT2D eigenvalue weighted by Gasteiger charge is -2.19. The Labute approximate surface area is 92.2 Å². The molecule has 0 saturated heterocycles. The average Bonchev–Trinajstić information content (AvgIpc) is 2.16. The molecule has 0 aliphatic carbocycles. The van der Waals surface area contributed by atoms with Crippen molar-refractivity contribution in [2.24, 2.45) is 5.92 Å². The molecule has 0 bridgehead atoms. The van der Waals surface area contributed by atoms with Gasteiger partial charge in [0.2, 0.25) is 0 Å². The first-order chi connectivity index (χ1) is 6.97. The predicted molar refractivity (Wildman–Crippen MR) is 59.5 cm³/mol. The third-order valence-corrected chi connectivity index (χ3v) is 2.66. The van der Waals surface area contributed by atoms with Crippen molar-refractivity contribution < 1.29 is 14.3 Å². The van der Waals surface area contributed by atoms with Crippen molar-refractivity contribution in [1.82, 2.24) is 0 Å². The van der Waals surface area contributed by atoms with Crippen molar-refractivity contribution in [3.63, 3.8) is 0 Å². The SMILES string of the molecule is CCC(=O)CCCC(C)C(C)OC(C)=O. The van der Waals surface area contributed by atoms with Crippen LogP contribution in [0.2, 0.25) is 0 Å². The second-order valence-corrected chi connectivity index (χ2v) is 4.08. The van der Waals surface area contributed by atoms with Gasteiger partial charge in [-0.3, -0.25) is 9.59 Å². The van der Waals surface area contributed by atoms with Gasteiger partial charge < -0.3 is 4.74 Å². The maximum Gasteiger partial charge on any atom is 0.302 e. The molecule has 0 aromatic rings. The predicted octanol–water partition coefficient (Wildman–Crippen LogP) is 2.72. The molecule has 0 fully saturated rings. The smallest absolute Gasteiger partial charge is 0.302 e. The topological polar surface area (TPSA) is 43.4 Å². The summed E-state index contributed by atoms with van der Waals surface area (Å²) in [5, 5.41) is 0. The van der Waals surface area contributed by atoms with E-state index < -0.39 is 0 Å². The number of ketones is 1. The summed E-state index contributed by atoms with van der Waals surface area (Å²) in [6.07, 6.45) is 3.03. The Kier molecular flexibility index (Phi) is 7.01. The first-order valence-corrected chi connectivity index (χ1v) is 5.66. The molecule has 0 N–H and O–H groups in total. The van der Waals surface area contributed by atoms with Gasteiger partial charge in [-0.1, -0.05) is 13.8 Å². The molecule has 3 nitrogen and oxygen atoms in total. The summed E-state index contributed by atoms with van der Waals surface area (Å²) in [5.74, 6) is 0.389. The molecule has 0 amide bonds. The van der Waals surface area contributed by atoms with Gasteiger partial charge in [-0.2, -0.15) is 0 Å². The molecule has 88 valence electrons. The Morgan fingerprint density at radius 2 is 1.87 bits per heavy atom. The van der Waals surface area contributed by atoms with Crippen LogP contribution < -0.4 is 0 Å². The van der Waals surface area contributed by atoms with E-state index in [-0.39, 0.29) is 12.1 Å². The number of Topliss-reactive ketones (excluding diaryl/α,β-unsaturated/α-hetero) is 1. The summed E-state index contributed by atoms with van der Waals surface area (Å²) in [6, 6.07) is 0. The molecule has 3 heteroatoms. The fraction of sp³-hybridized carbons (Fsp3) is 0.833. The molecule has 0 saturated carbocycles. The van der Waals surface area contributed by atoms with Gasteiger partial charge in [-0.05, 0) is 25.7 Å². The lowest BCUT2D eigenvalue weighted by molar-refractivity contribution is -0.147. The van der Waals surface area contributed by atoms with Crippen LogP contribution in [0, 0.1) is 5.92 Å². The molecule has 0 heterocycles. The summed E-state index contributed by atoms with van der Waals surface area (Å²) in [5.41, 5.74) is 0. The molecular formula is C12H22O3. The number of carbonyl (C=O) groups excluding carboxylic acids is 2. The first-order valence-electron chi connectivity index (χ1n) is 5.66. The lowest BCUT2D eigenvalue weighted by Crippen LogP contribution is -2.20. The van der Waals surface area contributed by atoms with E-state index in [0.29, 0.717) is 24.5 Å². The Bertz CT molecular complexity index is 211. The molecule has 0 spiro atoms. The van der Waals surface area contributed by atoms with Crippen LogP contribution in [0.15, 0.2) is 0 Å². The van der Waals surface area contributed by atoms with E-state index in [1.54, 1.807) is 0 Å². The molecule has 0 aliphatic heterocycles. The van der Waals surface area contributed by atoms with Crippen LogP contribution in [-0.2, 0) is 14.3 Å². The minimum atomic E-state index is -0.237. The van der Waals surface area contributed by atoms with E-state index in [1.807, 2.05) is 20.8 Å². The summed E-state index contributed by atoms with van der Waals surface area (Å²) >= 11 is 0. The zero-order valence-electron chi connectivity index (χ0n) is 10.2. The van der Waals surface area contributed by atoms with Gasteiger partial charge in [0.05, 0.1) is 0 Å². The first kappa shape index (κ1) is 14.1. The number of esters is 1. The third-order valence-electron chi connectivity index (χ3n) is 2.66. The van der Waals surface area contributed by atoms with Gasteiger partial charge in [0.15, 0.2) is 0 Å². The summed E-state index contributed by atoms with van der Waals surface area (Å²) in [7, 11) is 0. The summed E-state index contributed by atoms with van der Waals surface area (Å²) in [6.45, 7) is 7.24. The quantitative estimate of drug-likeness (QED) is 0.612. The Morgan fingerprint density at radius 1 is 1.27 bits per heavy atom. The van der Waals surface area contributed by atoms with Gasteiger partial charge in [-0.15, -0.1) is 0 Å². The normalized spacial score (nSPS) is 14.4. The maximum absolute atomic E-state index is 11.1. The zero-order chi connectivity index (χ0) is 11.8. The van der Waals surface area contributed by atoms with E-state index in [9.17, 15) is 9.59 Å². The number of hydrogen-bond acceptors (Lipinski definition) is 3. The summed E-state index contributed by atoms with van der Waals surface area (Å²) < 4.78 is 5.07. The largest absolute Gasteiger partial charge is 0.463 e. The third kappa shape index (κ3) is 7.11. The maximum atomic E-state index is 11.1. The molecule has 0 aromatic carbocycles. The minimum absolute atomic E-state index is 0.0563. The zero-order valence-corrected chi connectivity index (χ0v) is 10.2. The van der Waals surface area contributed by atoms with Crippen molar-refractivity contribution in [3.8, 4) is 0 Å². The highest BCUT2D eigenvalue weighted by atomic mass is 16.5. The van der Waals surface area contributed by atoms with Crippen molar-refractivity contribution in [3.05, 3.63) is 0 Å². The van der Waals surface area contributed by atoms with Gasteiger partial charge in [0.25, 0.3) is 0 Å². The molecular weight excluding hydrogens is 192 g/mol. The Hall–Kier alpha value is -0.860. The number of ether oxygens (including phenoxy) is 1. The molecule has 0 aliphatic rings. The number of rotatable bonds is 7. The second-order valence-electron chi connectivity index (χ2n) is 4.08. The highest BCUT2D eigenvalue weighted by Gasteiger charge is 2.14. The van der Waals surface area contributed by atoms with Gasteiger partial charge >= 0.3 is 5.97 Å². The van der Waals surface area contributed by atoms with Crippen molar-refractivity contribution in [2.45, 2.75) is 59.5 Å². The fourth-order valence-electron chi connectivity index (χ4n) is 1.41. The van der Waals surface area contributed by atoms with Crippen LogP contribution >= 0.6 is 0 Å². The van der Waals surface area contributed by atoms with Crippen LogP contribution in [0.3, 0.4) is 0 Å². The molecule has 15 heavy (non-hydrogen) atoms. The molecule has 0 radical (unpaired) electrons. The Morgan fingerprint density at radius 3 is 2.33 bits per heavy atom. The van der Waals surface area contributed by atoms with Crippen LogP contribution in [0.4, 0.5) is 0 Å². The molecule has 0 aromatic heterocycles. The standard InChI is InChI=1S/C12H22O3/c1-5-12(14)8-6-7-9(2)10(3)15-11(4)13/h9-10H,5-8H2,1-4H3. The van der Waals surface area contributed by atoms with Crippen LogP contribution in [0.5, 0.6) is 0 Å². The van der Waals surface area contributed by atoms with E-state index in [0.717, 1.165) is 12.8 Å². The molecule has 0 rings (SSSR count). The minimum Gasteiger partial charge on any atom is -0.463 e. The number of carbonyl (C=O) groups is 2. The van der Waals surface area contributed by atoms with Crippen molar-refractivity contribution in [1.29, 1.82) is 0 Å². The number of hydrogen-bond donors (Lipinski definition) is 0. The molecule has 2 unspecified atom stereocenters. The van der Waals surface area contributed by atoms with Gasteiger partial charge in [-0.25, -0.2) is 0 Å². The fourth-order valence-corrected chi connectivity index (χ4v) is 1.41. The van der Waals surface area contributed by atoms with E-state index in [1.165, 1.54) is 6.92 Å². The van der Waals surface area contributed by atoms with Crippen molar-refractivity contribution >= 4 is 11.8 Å².